The van der Waals surface area contributed by atoms with Crippen molar-refractivity contribution in [3.63, 3.8) is 0 Å². The molecule has 0 spiro atoms. The van der Waals surface area contributed by atoms with Crippen molar-refractivity contribution in [2.24, 2.45) is 20.4 Å². The molecule has 0 fully saturated rings. The van der Waals surface area contributed by atoms with Crippen LogP contribution in [0.25, 0.3) is 0 Å². The molecule has 1 aliphatic heterocycles. The van der Waals surface area contributed by atoms with Crippen LogP contribution < -0.4 is 10.6 Å². The predicted octanol–water partition coefficient (Wildman–Crippen LogP) is 6.47. The van der Waals surface area contributed by atoms with Crippen molar-refractivity contribution in [2.75, 3.05) is 10.6 Å². The molecule has 5 aromatic rings. The molecule has 45 heavy (non-hydrogen) atoms. The van der Waals surface area contributed by atoms with Gasteiger partial charge < -0.3 is 20.8 Å². The summed E-state index contributed by atoms with van der Waals surface area (Å²) < 4.78 is 0. The molecule has 4 N–H and O–H groups in total. The lowest BCUT2D eigenvalue weighted by atomic mass is 9.90. The Labute approximate surface area is 261 Å². The third kappa shape index (κ3) is 6.05. The third-order valence-corrected chi connectivity index (χ3v) is 7.57. The minimum Gasteiger partial charge on any atom is -0.362 e. The van der Waals surface area contributed by atoms with Crippen LogP contribution in [0.4, 0.5) is 11.4 Å². The maximum atomic E-state index is 12.8. The fourth-order valence-electron chi connectivity index (χ4n) is 5.32. The van der Waals surface area contributed by atoms with E-state index >= 15 is 0 Å². The number of hydrogen-bond acceptors (Lipinski definition) is 8. The maximum Gasteiger partial charge on any atom is 0.208 e. The standard InChI is InChI=1S/C37H32N6O2/c1-27-15-14-24-32-33(27)41-37(45,31-22-12-5-13-23-31)35(29-18-8-3-9-19-29)43-39-26-25-38-42-34(28-16-6-2-7-17-28)36(44,40-32)30-20-10-4-11-21-30/h2-26,40-41,44-45H,1H3/b38-25+,39-26+,42-34-,43-35-. The highest BCUT2D eigenvalue weighted by Crippen LogP contribution is 2.38. The number of para-hydroxylation sites is 1. The summed E-state index contributed by atoms with van der Waals surface area (Å²) in [5.74, 6) is 0. The SMILES string of the molecule is Cc1cccc2c1NC(O)(c1ccccc1)\C(c1ccccc1)=N/N=C/C=N/N=C(/c1ccccc1)C(O)(c1ccccc1)N2. The molecular weight excluding hydrogens is 560 g/mol. The Bertz CT molecular complexity index is 1880. The average molecular weight is 593 g/mol. The lowest BCUT2D eigenvalue weighted by Gasteiger charge is -2.36. The second-order valence-corrected chi connectivity index (χ2v) is 10.6. The van der Waals surface area contributed by atoms with Crippen LogP contribution >= 0.6 is 0 Å². The molecule has 8 heteroatoms. The van der Waals surface area contributed by atoms with E-state index in [1.807, 2.05) is 146 Å². The zero-order valence-corrected chi connectivity index (χ0v) is 24.6. The fraction of sp³-hybridized carbons (Fsp3) is 0.0811. The number of nitrogens with zero attached hydrogens (tertiary/aromatic N) is 4. The van der Waals surface area contributed by atoms with Gasteiger partial charge in [0.05, 0.1) is 23.8 Å². The Morgan fingerprint density at radius 2 is 0.911 bits per heavy atom. The van der Waals surface area contributed by atoms with Gasteiger partial charge in [0.15, 0.2) is 0 Å². The van der Waals surface area contributed by atoms with Gasteiger partial charge in [-0.1, -0.05) is 133 Å². The summed E-state index contributed by atoms with van der Waals surface area (Å²) in [7, 11) is 0. The first-order chi connectivity index (χ1) is 22.0. The Balaban J connectivity index is 1.63. The first kappa shape index (κ1) is 29.4. The van der Waals surface area contributed by atoms with Crippen molar-refractivity contribution in [3.8, 4) is 0 Å². The molecule has 0 aliphatic carbocycles. The number of aliphatic hydroxyl groups is 2. The second-order valence-electron chi connectivity index (χ2n) is 10.6. The molecule has 6 rings (SSSR count). The number of hydrogen-bond donors (Lipinski definition) is 4. The summed E-state index contributed by atoms with van der Waals surface area (Å²) in [5, 5.41) is 49.9. The molecule has 2 atom stereocenters. The summed E-state index contributed by atoms with van der Waals surface area (Å²) in [6, 6.07) is 42.9. The predicted molar refractivity (Wildman–Crippen MR) is 182 cm³/mol. The number of rotatable bonds is 4. The summed E-state index contributed by atoms with van der Waals surface area (Å²) in [4.78, 5) is 0. The van der Waals surface area contributed by atoms with Crippen molar-refractivity contribution in [3.05, 3.63) is 167 Å². The van der Waals surface area contributed by atoms with Gasteiger partial charge in [-0.25, -0.2) is 0 Å². The van der Waals surface area contributed by atoms with Gasteiger partial charge >= 0.3 is 0 Å². The number of nitrogens with one attached hydrogen (secondary N) is 2. The third-order valence-electron chi connectivity index (χ3n) is 7.57. The number of aryl methyl sites for hydroxylation is 1. The number of anilines is 2. The van der Waals surface area contributed by atoms with Crippen LogP contribution in [0.3, 0.4) is 0 Å². The van der Waals surface area contributed by atoms with Gasteiger partial charge in [0.25, 0.3) is 0 Å². The highest BCUT2D eigenvalue weighted by molar-refractivity contribution is 6.17. The van der Waals surface area contributed by atoms with Gasteiger partial charge in [-0.2, -0.15) is 10.2 Å². The van der Waals surface area contributed by atoms with E-state index in [4.69, 9.17) is 0 Å². The van der Waals surface area contributed by atoms with E-state index in [2.05, 4.69) is 31.0 Å². The summed E-state index contributed by atoms with van der Waals surface area (Å²) in [6.45, 7) is 1.93. The fourth-order valence-corrected chi connectivity index (χ4v) is 5.32. The molecule has 1 heterocycles. The zero-order valence-electron chi connectivity index (χ0n) is 24.6. The van der Waals surface area contributed by atoms with Crippen molar-refractivity contribution in [1.29, 1.82) is 0 Å². The average Bonchev–Trinajstić information content (AvgIpc) is 3.09. The van der Waals surface area contributed by atoms with E-state index in [0.29, 0.717) is 33.6 Å². The minimum absolute atomic E-state index is 0.260. The Morgan fingerprint density at radius 1 is 0.489 bits per heavy atom. The Morgan fingerprint density at radius 3 is 1.38 bits per heavy atom. The first-order valence-corrected chi connectivity index (χ1v) is 14.5. The molecular formula is C37H32N6O2. The van der Waals surface area contributed by atoms with E-state index in [-0.39, 0.29) is 11.4 Å². The normalized spacial score (nSPS) is 23.8. The van der Waals surface area contributed by atoms with Gasteiger partial charge in [-0.3, -0.25) is 0 Å². The Hall–Kier alpha value is -5.70. The molecule has 5 aromatic carbocycles. The van der Waals surface area contributed by atoms with Gasteiger partial charge in [0, 0.05) is 22.3 Å². The van der Waals surface area contributed by atoms with Crippen LogP contribution in [0.5, 0.6) is 0 Å². The van der Waals surface area contributed by atoms with E-state index in [1.165, 1.54) is 12.4 Å². The van der Waals surface area contributed by atoms with Gasteiger partial charge in [0.1, 0.15) is 11.4 Å². The second kappa shape index (κ2) is 12.9. The number of fused-ring (bicyclic) bond motifs is 1. The highest BCUT2D eigenvalue weighted by atomic mass is 16.3. The topological polar surface area (TPSA) is 114 Å². The molecule has 0 saturated carbocycles. The van der Waals surface area contributed by atoms with Gasteiger partial charge in [-0.05, 0) is 18.6 Å². The lowest BCUT2D eigenvalue weighted by Crippen LogP contribution is -2.46. The molecule has 0 amide bonds. The zero-order chi connectivity index (χ0) is 31.1. The largest absolute Gasteiger partial charge is 0.362 e. The van der Waals surface area contributed by atoms with Crippen LogP contribution in [-0.2, 0) is 11.4 Å². The van der Waals surface area contributed by atoms with Crippen LogP contribution in [0, 0.1) is 6.92 Å². The smallest absolute Gasteiger partial charge is 0.208 e. The number of benzene rings is 5. The summed E-state index contributed by atoms with van der Waals surface area (Å²) in [5.41, 5.74) is 1.07. The summed E-state index contributed by atoms with van der Waals surface area (Å²) >= 11 is 0. The van der Waals surface area contributed by atoms with Crippen LogP contribution in [0.2, 0.25) is 0 Å². The maximum absolute atomic E-state index is 12.8. The molecule has 0 bridgehead atoms. The molecule has 2 unspecified atom stereocenters. The van der Waals surface area contributed by atoms with E-state index < -0.39 is 11.4 Å². The molecule has 0 aromatic heterocycles. The van der Waals surface area contributed by atoms with Crippen LogP contribution in [0.15, 0.2) is 160 Å². The van der Waals surface area contributed by atoms with Crippen molar-refractivity contribution < 1.29 is 10.2 Å². The van der Waals surface area contributed by atoms with Gasteiger partial charge in [-0.15, -0.1) is 10.2 Å². The van der Waals surface area contributed by atoms with Gasteiger partial charge in [0.2, 0.25) is 11.4 Å². The van der Waals surface area contributed by atoms with Crippen LogP contribution in [-0.4, -0.2) is 34.1 Å². The highest BCUT2D eigenvalue weighted by Gasteiger charge is 2.41. The first-order valence-electron chi connectivity index (χ1n) is 14.5. The Kier molecular flexibility index (Phi) is 8.41. The molecule has 1 aliphatic rings. The molecule has 0 saturated heterocycles. The van der Waals surface area contributed by atoms with Crippen molar-refractivity contribution in [2.45, 2.75) is 18.4 Å². The molecule has 222 valence electrons. The van der Waals surface area contributed by atoms with Crippen LogP contribution in [0.1, 0.15) is 27.8 Å². The van der Waals surface area contributed by atoms with E-state index in [9.17, 15) is 10.2 Å². The molecule has 8 nitrogen and oxygen atoms in total. The monoisotopic (exact) mass is 592 g/mol. The molecule has 0 radical (unpaired) electrons. The quantitative estimate of drug-likeness (QED) is 0.191. The minimum atomic E-state index is -1.86. The van der Waals surface area contributed by atoms with Crippen molar-refractivity contribution >= 4 is 35.2 Å². The van der Waals surface area contributed by atoms with E-state index in [0.717, 1.165) is 5.56 Å². The van der Waals surface area contributed by atoms with Crippen molar-refractivity contribution in [1.82, 2.24) is 0 Å². The lowest BCUT2D eigenvalue weighted by molar-refractivity contribution is 0.140. The van der Waals surface area contributed by atoms with E-state index in [1.54, 1.807) is 0 Å². The summed E-state index contributed by atoms with van der Waals surface area (Å²) in [6.07, 6.45) is 2.78.